The van der Waals surface area contributed by atoms with Crippen LogP contribution >= 0.6 is 0 Å². The molecule has 1 unspecified atom stereocenters. The van der Waals surface area contributed by atoms with E-state index in [4.69, 9.17) is 9.47 Å². The molecule has 0 aromatic heterocycles. The highest BCUT2D eigenvalue weighted by atomic mass is 19.1. The van der Waals surface area contributed by atoms with Crippen molar-refractivity contribution in [2.45, 2.75) is 13.0 Å². The van der Waals surface area contributed by atoms with E-state index in [1.165, 1.54) is 13.2 Å². The molecule has 0 aliphatic rings. The fourth-order valence-corrected chi connectivity index (χ4v) is 1.98. The van der Waals surface area contributed by atoms with Gasteiger partial charge in [0.2, 0.25) is 0 Å². The highest BCUT2D eigenvalue weighted by Crippen LogP contribution is 2.25. The number of hydrogen-bond donors (Lipinski definition) is 1. The lowest BCUT2D eigenvalue weighted by Gasteiger charge is -2.16. The Balaban J connectivity index is 2.12. The fraction of sp³-hybridized carbons (Fsp3) is 0.250. The van der Waals surface area contributed by atoms with Crippen molar-refractivity contribution in [1.29, 1.82) is 0 Å². The van der Waals surface area contributed by atoms with E-state index in [-0.39, 0.29) is 17.6 Å². The minimum Gasteiger partial charge on any atom is -0.497 e. The summed E-state index contributed by atoms with van der Waals surface area (Å²) in [6.45, 7) is 2.04. The van der Waals surface area contributed by atoms with Gasteiger partial charge < -0.3 is 14.8 Å². The van der Waals surface area contributed by atoms with Gasteiger partial charge in [-0.15, -0.1) is 0 Å². The first-order valence-corrected chi connectivity index (χ1v) is 6.38. The first-order valence-electron chi connectivity index (χ1n) is 6.38. The van der Waals surface area contributed by atoms with E-state index in [0.717, 1.165) is 17.0 Å². The number of hydrogen-bond acceptors (Lipinski definition) is 3. The van der Waals surface area contributed by atoms with Crippen LogP contribution in [0.4, 0.5) is 10.1 Å². The predicted molar refractivity (Wildman–Crippen MR) is 78.0 cm³/mol. The van der Waals surface area contributed by atoms with Crippen LogP contribution in [0.5, 0.6) is 11.5 Å². The summed E-state index contributed by atoms with van der Waals surface area (Å²) in [7, 11) is 3.09. The normalized spacial score (nSPS) is 11.8. The zero-order valence-corrected chi connectivity index (χ0v) is 11.8. The maximum absolute atomic E-state index is 13.3. The summed E-state index contributed by atoms with van der Waals surface area (Å²) in [6, 6.07) is 12.7. The van der Waals surface area contributed by atoms with Gasteiger partial charge in [-0.3, -0.25) is 0 Å². The summed E-state index contributed by atoms with van der Waals surface area (Å²) in [4.78, 5) is 0. The summed E-state index contributed by atoms with van der Waals surface area (Å²) in [6.07, 6.45) is 0. The third-order valence-corrected chi connectivity index (χ3v) is 3.15. The zero-order valence-electron chi connectivity index (χ0n) is 11.8. The van der Waals surface area contributed by atoms with Gasteiger partial charge in [0.05, 0.1) is 14.2 Å². The molecule has 2 aromatic carbocycles. The Morgan fingerprint density at radius 2 is 1.70 bits per heavy atom. The third kappa shape index (κ3) is 3.20. The van der Waals surface area contributed by atoms with Gasteiger partial charge in [-0.25, -0.2) is 4.39 Å². The average molecular weight is 275 g/mol. The van der Waals surface area contributed by atoms with Crippen molar-refractivity contribution in [3.8, 4) is 11.5 Å². The molecule has 4 heteroatoms. The molecule has 0 fully saturated rings. The lowest BCUT2D eigenvalue weighted by molar-refractivity contribution is 0.387. The Morgan fingerprint density at radius 3 is 2.30 bits per heavy atom. The molecular weight excluding hydrogens is 257 g/mol. The van der Waals surface area contributed by atoms with Crippen LogP contribution in [0, 0.1) is 5.82 Å². The molecule has 0 saturated carbocycles. The Labute approximate surface area is 118 Å². The maximum atomic E-state index is 13.3. The topological polar surface area (TPSA) is 30.5 Å². The van der Waals surface area contributed by atoms with Crippen molar-refractivity contribution in [1.82, 2.24) is 0 Å². The number of benzene rings is 2. The number of anilines is 1. The van der Waals surface area contributed by atoms with E-state index in [9.17, 15) is 4.39 Å². The average Bonchev–Trinajstić information content (AvgIpc) is 2.49. The Morgan fingerprint density at radius 1 is 1.00 bits per heavy atom. The van der Waals surface area contributed by atoms with Gasteiger partial charge in [0.15, 0.2) is 11.6 Å². The fourth-order valence-electron chi connectivity index (χ4n) is 1.98. The molecule has 0 heterocycles. The highest BCUT2D eigenvalue weighted by Gasteiger charge is 2.08. The molecule has 106 valence electrons. The molecular formula is C16H18FNO2. The van der Waals surface area contributed by atoms with Gasteiger partial charge >= 0.3 is 0 Å². The summed E-state index contributed by atoms with van der Waals surface area (Å²) in [5, 5.41) is 3.31. The second-order valence-corrected chi connectivity index (χ2v) is 4.49. The van der Waals surface area contributed by atoms with Crippen LogP contribution in [-0.4, -0.2) is 14.2 Å². The van der Waals surface area contributed by atoms with E-state index < -0.39 is 0 Å². The van der Waals surface area contributed by atoms with Crippen molar-refractivity contribution in [2.24, 2.45) is 0 Å². The second kappa shape index (κ2) is 6.28. The molecule has 0 amide bonds. The van der Waals surface area contributed by atoms with Crippen LogP contribution in [0.1, 0.15) is 18.5 Å². The molecule has 0 bridgehead atoms. The van der Waals surface area contributed by atoms with E-state index in [2.05, 4.69) is 5.32 Å². The van der Waals surface area contributed by atoms with E-state index >= 15 is 0 Å². The molecule has 1 N–H and O–H groups in total. The number of halogens is 1. The number of ether oxygens (including phenoxy) is 2. The van der Waals surface area contributed by atoms with Crippen LogP contribution in [0.25, 0.3) is 0 Å². The Kier molecular flexibility index (Phi) is 4.45. The first-order chi connectivity index (χ1) is 9.63. The summed E-state index contributed by atoms with van der Waals surface area (Å²) in [5.74, 6) is 0.691. The van der Waals surface area contributed by atoms with Gasteiger partial charge in [-0.2, -0.15) is 0 Å². The minimum absolute atomic E-state index is 0.0936. The van der Waals surface area contributed by atoms with Crippen LogP contribution in [0.15, 0.2) is 42.5 Å². The van der Waals surface area contributed by atoms with Crippen molar-refractivity contribution < 1.29 is 13.9 Å². The third-order valence-electron chi connectivity index (χ3n) is 3.15. The van der Waals surface area contributed by atoms with Gasteiger partial charge in [0.1, 0.15) is 5.75 Å². The molecule has 20 heavy (non-hydrogen) atoms. The molecule has 0 spiro atoms. The summed E-state index contributed by atoms with van der Waals surface area (Å²) >= 11 is 0. The SMILES string of the molecule is COc1ccc(C(C)Nc2ccc(F)c(OC)c2)cc1. The maximum Gasteiger partial charge on any atom is 0.165 e. The second-order valence-electron chi connectivity index (χ2n) is 4.49. The van der Waals surface area contributed by atoms with Crippen molar-refractivity contribution in [3.63, 3.8) is 0 Å². The molecule has 0 aliphatic carbocycles. The van der Waals surface area contributed by atoms with E-state index in [1.807, 2.05) is 31.2 Å². The standard InChI is InChI=1S/C16H18FNO2/c1-11(12-4-7-14(19-2)8-5-12)18-13-6-9-15(17)16(10-13)20-3/h4-11,18H,1-3H3. The smallest absolute Gasteiger partial charge is 0.165 e. The van der Waals surface area contributed by atoms with E-state index in [1.54, 1.807) is 19.2 Å². The van der Waals surface area contributed by atoms with Crippen molar-refractivity contribution >= 4 is 5.69 Å². The molecule has 0 aliphatic heterocycles. The summed E-state index contributed by atoms with van der Waals surface area (Å²) in [5.41, 5.74) is 1.93. The number of methoxy groups -OCH3 is 2. The lowest BCUT2D eigenvalue weighted by atomic mass is 10.1. The van der Waals surface area contributed by atoms with Gasteiger partial charge in [0.25, 0.3) is 0 Å². The summed E-state index contributed by atoms with van der Waals surface area (Å²) < 4.78 is 23.5. The van der Waals surface area contributed by atoms with Crippen LogP contribution in [0.2, 0.25) is 0 Å². The van der Waals surface area contributed by atoms with Crippen LogP contribution in [0.3, 0.4) is 0 Å². The highest BCUT2D eigenvalue weighted by molar-refractivity contribution is 5.50. The van der Waals surface area contributed by atoms with Gasteiger partial charge in [-0.05, 0) is 36.8 Å². The van der Waals surface area contributed by atoms with Crippen molar-refractivity contribution in [2.75, 3.05) is 19.5 Å². The minimum atomic E-state index is -0.366. The van der Waals surface area contributed by atoms with Crippen molar-refractivity contribution in [3.05, 3.63) is 53.8 Å². The molecule has 2 aromatic rings. The molecule has 1 atom stereocenters. The molecule has 0 radical (unpaired) electrons. The van der Waals surface area contributed by atoms with Gasteiger partial charge in [-0.1, -0.05) is 12.1 Å². The number of nitrogens with one attached hydrogen (secondary N) is 1. The molecule has 3 nitrogen and oxygen atoms in total. The Bertz CT molecular complexity index is 569. The predicted octanol–water partition coefficient (Wildman–Crippen LogP) is 4.02. The molecule has 2 rings (SSSR count). The number of rotatable bonds is 5. The van der Waals surface area contributed by atoms with Crippen LogP contribution in [-0.2, 0) is 0 Å². The van der Waals surface area contributed by atoms with Gasteiger partial charge in [0, 0.05) is 17.8 Å². The zero-order chi connectivity index (χ0) is 14.5. The van der Waals surface area contributed by atoms with Crippen LogP contribution < -0.4 is 14.8 Å². The lowest BCUT2D eigenvalue weighted by Crippen LogP contribution is -2.06. The first kappa shape index (κ1) is 14.2. The quantitative estimate of drug-likeness (QED) is 0.894. The Hall–Kier alpha value is -2.23. The van der Waals surface area contributed by atoms with E-state index in [0.29, 0.717) is 0 Å². The largest absolute Gasteiger partial charge is 0.497 e. The monoisotopic (exact) mass is 275 g/mol. The molecule has 0 saturated heterocycles.